The molecule has 1 N–H and O–H groups in total. The lowest BCUT2D eigenvalue weighted by Crippen LogP contribution is -2.11. The predicted octanol–water partition coefficient (Wildman–Crippen LogP) is 2.08. The monoisotopic (exact) mass is 243 g/mol. The molecule has 0 bridgehead atoms. The largest absolute Gasteiger partial charge is 0.382 e. The van der Waals surface area contributed by atoms with Gasteiger partial charge in [0, 0.05) is 44.4 Å². The minimum absolute atomic E-state index is 0.794. The van der Waals surface area contributed by atoms with Crippen LogP contribution in [0.3, 0.4) is 0 Å². The van der Waals surface area contributed by atoms with Gasteiger partial charge in [-0.1, -0.05) is 0 Å². The predicted molar refractivity (Wildman–Crippen MR) is 70.2 cm³/mol. The summed E-state index contributed by atoms with van der Waals surface area (Å²) in [4.78, 5) is 4.29. The number of hydrogen-bond donors (Lipinski definition) is 1. The fraction of sp³-hybridized carbons (Fsp3) is 0.727. The smallest absolute Gasteiger partial charge is 0.202 e. The number of nitrogens with zero attached hydrogens (tertiary/aromatic N) is 2. The quantitative estimate of drug-likeness (QED) is 0.674. The van der Waals surface area contributed by atoms with Crippen molar-refractivity contribution < 1.29 is 4.74 Å². The lowest BCUT2D eigenvalue weighted by molar-refractivity contribution is 0.147. The van der Waals surface area contributed by atoms with Gasteiger partial charge < -0.3 is 14.6 Å². The molecule has 5 heteroatoms. The highest BCUT2D eigenvalue weighted by molar-refractivity contribution is 7.98. The van der Waals surface area contributed by atoms with E-state index in [1.165, 1.54) is 0 Å². The molecule has 0 aromatic carbocycles. The van der Waals surface area contributed by atoms with Crippen LogP contribution in [0.25, 0.3) is 0 Å². The van der Waals surface area contributed by atoms with E-state index in [-0.39, 0.29) is 0 Å². The normalized spacial score (nSPS) is 10.6. The van der Waals surface area contributed by atoms with Crippen molar-refractivity contribution in [3.8, 4) is 0 Å². The summed E-state index contributed by atoms with van der Waals surface area (Å²) in [5.41, 5.74) is 0. The van der Waals surface area contributed by atoms with Crippen LogP contribution in [0.1, 0.15) is 13.3 Å². The van der Waals surface area contributed by atoms with E-state index < -0.39 is 0 Å². The highest BCUT2D eigenvalue weighted by Gasteiger charge is 2.00. The number of rotatable bonds is 9. The molecule has 0 saturated carbocycles. The van der Waals surface area contributed by atoms with Crippen molar-refractivity contribution in [3.05, 3.63) is 12.4 Å². The fourth-order valence-corrected chi connectivity index (χ4v) is 1.74. The molecule has 1 rings (SSSR count). The third-order valence-corrected chi connectivity index (χ3v) is 2.80. The average Bonchev–Trinajstić information content (AvgIpc) is 2.74. The minimum atomic E-state index is 0.794. The number of nitrogens with one attached hydrogen (secondary N) is 1. The SMILES string of the molecule is CCOCCCNc1nccn1CCSC. The lowest BCUT2D eigenvalue weighted by Gasteiger charge is -2.09. The first kappa shape index (κ1) is 13.4. The molecule has 1 heterocycles. The number of thioether (sulfide) groups is 1. The molecule has 0 aliphatic heterocycles. The van der Waals surface area contributed by atoms with E-state index in [4.69, 9.17) is 4.74 Å². The molecule has 0 radical (unpaired) electrons. The van der Waals surface area contributed by atoms with Crippen molar-refractivity contribution >= 4 is 17.7 Å². The lowest BCUT2D eigenvalue weighted by atomic mass is 10.4. The van der Waals surface area contributed by atoms with Gasteiger partial charge in [0.25, 0.3) is 0 Å². The Hall–Kier alpha value is -0.680. The summed E-state index contributed by atoms with van der Waals surface area (Å²) in [5, 5.41) is 3.32. The maximum Gasteiger partial charge on any atom is 0.202 e. The van der Waals surface area contributed by atoms with Crippen LogP contribution >= 0.6 is 11.8 Å². The molecular formula is C11H21N3OS. The number of hydrogen-bond acceptors (Lipinski definition) is 4. The van der Waals surface area contributed by atoms with E-state index in [1.54, 1.807) is 0 Å². The van der Waals surface area contributed by atoms with E-state index in [0.29, 0.717) is 0 Å². The van der Waals surface area contributed by atoms with Gasteiger partial charge in [-0.05, 0) is 19.6 Å². The van der Waals surface area contributed by atoms with E-state index in [1.807, 2.05) is 31.1 Å². The number of aryl methyl sites for hydroxylation is 1. The first-order chi connectivity index (χ1) is 7.88. The van der Waals surface area contributed by atoms with Crippen molar-refractivity contribution in [2.24, 2.45) is 0 Å². The van der Waals surface area contributed by atoms with Crippen LogP contribution in [0.15, 0.2) is 12.4 Å². The number of anilines is 1. The molecule has 16 heavy (non-hydrogen) atoms. The number of imidazole rings is 1. The second-order valence-electron chi connectivity index (χ2n) is 3.41. The Labute approximate surface area is 102 Å². The van der Waals surface area contributed by atoms with E-state index in [2.05, 4.69) is 21.1 Å². The Bertz CT molecular complexity index is 278. The Morgan fingerprint density at radius 2 is 2.44 bits per heavy atom. The molecule has 0 aliphatic rings. The second-order valence-corrected chi connectivity index (χ2v) is 4.40. The number of ether oxygens (including phenoxy) is 1. The standard InChI is InChI=1S/C11H21N3OS/c1-3-15-9-4-5-12-11-13-6-7-14(11)8-10-16-2/h6-7H,3-5,8-10H2,1-2H3,(H,12,13). The number of aromatic nitrogens is 2. The van der Waals surface area contributed by atoms with E-state index in [9.17, 15) is 0 Å². The van der Waals surface area contributed by atoms with Crippen molar-refractivity contribution in [2.75, 3.05) is 37.1 Å². The highest BCUT2D eigenvalue weighted by Crippen LogP contribution is 2.06. The van der Waals surface area contributed by atoms with Crippen molar-refractivity contribution in [2.45, 2.75) is 19.9 Å². The molecule has 0 unspecified atom stereocenters. The molecule has 1 aromatic heterocycles. The van der Waals surface area contributed by atoms with Gasteiger partial charge in [-0.2, -0.15) is 11.8 Å². The van der Waals surface area contributed by atoms with Gasteiger partial charge in [-0.25, -0.2) is 4.98 Å². The maximum atomic E-state index is 5.28. The molecule has 0 atom stereocenters. The van der Waals surface area contributed by atoms with Crippen molar-refractivity contribution in [1.82, 2.24) is 9.55 Å². The first-order valence-corrected chi connectivity index (χ1v) is 7.09. The molecule has 0 fully saturated rings. The highest BCUT2D eigenvalue weighted by atomic mass is 32.2. The zero-order chi connectivity index (χ0) is 11.6. The minimum Gasteiger partial charge on any atom is -0.382 e. The molecular weight excluding hydrogens is 222 g/mol. The first-order valence-electron chi connectivity index (χ1n) is 5.70. The van der Waals surface area contributed by atoms with Crippen LogP contribution in [0.5, 0.6) is 0 Å². The van der Waals surface area contributed by atoms with E-state index >= 15 is 0 Å². The summed E-state index contributed by atoms with van der Waals surface area (Å²) in [5.74, 6) is 2.08. The van der Waals surface area contributed by atoms with Gasteiger partial charge in [-0.3, -0.25) is 0 Å². The average molecular weight is 243 g/mol. The Balaban J connectivity index is 2.22. The molecule has 0 spiro atoms. The summed E-state index contributed by atoms with van der Waals surface area (Å²) in [6.45, 7) is 5.55. The molecule has 0 amide bonds. The van der Waals surface area contributed by atoms with Gasteiger partial charge >= 0.3 is 0 Å². The van der Waals surface area contributed by atoms with Gasteiger partial charge in [0.05, 0.1) is 0 Å². The topological polar surface area (TPSA) is 39.1 Å². The Morgan fingerprint density at radius 3 is 3.19 bits per heavy atom. The summed E-state index contributed by atoms with van der Waals surface area (Å²) in [6, 6.07) is 0. The molecule has 1 aromatic rings. The van der Waals surface area contributed by atoms with Crippen molar-refractivity contribution in [1.29, 1.82) is 0 Å². The van der Waals surface area contributed by atoms with Crippen LogP contribution in [0, 0.1) is 0 Å². The summed E-state index contributed by atoms with van der Waals surface area (Å²) < 4.78 is 7.43. The molecule has 0 saturated heterocycles. The molecule has 4 nitrogen and oxygen atoms in total. The van der Waals surface area contributed by atoms with Crippen LogP contribution < -0.4 is 5.32 Å². The van der Waals surface area contributed by atoms with Crippen LogP contribution in [-0.4, -0.2) is 41.3 Å². The fourth-order valence-electron chi connectivity index (χ4n) is 1.37. The zero-order valence-corrected chi connectivity index (χ0v) is 10.9. The maximum absolute atomic E-state index is 5.28. The van der Waals surface area contributed by atoms with Gasteiger partial charge in [0.1, 0.15) is 0 Å². The molecule has 0 aliphatic carbocycles. The van der Waals surface area contributed by atoms with Gasteiger partial charge in [0.2, 0.25) is 5.95 Å². The van der Waals surface area contributed by atoms with E-state index in [0.717, 1.165) is 44.4 Å². The summed E-state index contributed by atoms with van der Waals surface area (Å²) >= 11 is 1.85. The second kappa shape index (κ2) is 8.47. The Morgan fingerprint density at radius 1 is 1.56 bits per heavy atom. The third kappa shape index (κ3) is 4.90. The van der Waals surface area contributed by atoms with Gasteiger partial charge in [-0.15, -0.1) is 0 Å². The summed E-state index contributed by atoms with van der Waals surface area (Å²) in [7, 11) is 0. The Kier molecular flexibility index (Phi) is 7.09. The van der Waals surface area contributed by atoms with Crippen LogP contribution in [0.4, 0.5) is 5.95 Å². The third-order valence-electron chi connectivity index (χ3n) is 2.20. The van der Waals surface area contributed by atoms with Crippen molar-refractivity contribution in [3.63, 3.8) is 0 Å². The summed E-state index contributed by atoms with van der Waals surface area (Å²) in [6.07, 6.45) is 6.99. The van der Waals surface area contributed by atoms with Crippen LogP contribution in [0.2, 0.25) is 0 Å². The molecule has 92 valence electrons. The van der Waals surface area contributed by atoms with Crippen LogP contribution in [-0.2, 0) is 11.3 Å². The van der Waals surface area contributed by atoms with Gasteiger partial charge in [0.15, 0.2) is 0 Å². The zero-order valence-electron chi connectivity index (χ0n) is 10.1.